The molecule has 28 heavy (non-hydrogen) atoms. The number of hydrogen-bond donors (Lipinski definition) is 1. The summed E-state index contributed by atoms with van der Waals surface area (Å²) in [5.41, 5.74) is 3.02. The standard InChI is InChI=1S/C22H28N2O3S/c1-18-11-13-21(14-12-18)23-22(25)20-10-5-15-24(17-20)28(26,27)16-6-9-19-7-3-2-4-8-19/h2-4,7-8,11-14,20H,5-6,9-10,15-17H2,1H3,(H,23,25). The van der Waals surface area contributed by atoms with Gasteiger partial charge in [0.1, 0.15) is 0 Å². The number of amides is 1. The van der Waals surface area contributed by atoms with Crippen molar-refractivity contribution in [1.29, 1.82) is 0 Å². The summed E-state index contributed by atoms with van der Waals surface area (Å²) in [5.74, 6) is -0.291. The Morgan fingerprint density at radius 2 is 1.82 bits per heavy atom. The zero-order chi connectivity index (χ0) is 20.0. The van der Waals surface area contributed by atoms with Gasteiger partial charge in [-0.15, -0.1) is 0 Å². The molecule has 0 aliphatic carbocycles. The van der Waals surface area contributed by atoms with Crippen molar-refractivity contribution in [3.63, 3.8) is 0 Å². The van der Waals surface area contributed by atoms with Crippen LogP contribution in [0.25, 0.3) is 0 Å². The molecule has 0 spiro atoms. The molecule has 1 aliphatic rings. The summed E-state index contributed by atoms with van der Waals surface area (Å²) in [6, 6.07) is 17.5. The number of rotatable bonds is 7. The number of hydrogen-bond acceptors (Lipinski definition) is 3. The van der Waals surface area contributed by atoms with Crippen LogP contribution in [0.5, 0.6) is 0 Å². The third-order valence-corrected chi connectivity index (χ3v) is 7.10. The number of nitrogens with zero attached hydrogens (tertiary/aromatic N) is 1. The van der Waals surface area contributed by atoms with Gasteiger partial charge >= 0.3 is 0 Å². The Labute approximate surface area is 167 Å². The number of carbonyl (C=O) groups excluding carboxylic acids is 1. The first-order chi connectivity index (χ1) is 13.4. The maximum atomic E-state index is 12.7. The molecule has 0 radical (unpaired) electrons. The van der Waals surface area contributed by atoms with Crippen LogP contribution >= 0.6 is 0 Å². The minimum Gasteiger partial charge on any atom is -0.326 e. The van der Waals surface area contributed by atoms with Crippen molar-refractivity contribution in [2.75, 3.05) is 24.2 Å². The van der Waals surface area contributed by atoms with Crippen molar-refractivity contribution in [1.82, 2.24) is 4.31 Å². The van der Waals surface area contributed by atoms with Crippen molar-refractivity contribution in [2.45, 2.75) is 32.6 Å². The van der Waals surface area contributed by atoms with Crippen LogP contribution < -0.4 is 5.32 Å². The monoisotopic (exact) mass is 400 g/mol. The predicted molar refractivity (Wildman–Crippen MR) is 113 cm³/mol. The van der Waals surface area contributed by atoms with Gasteiger partial charge in [-0.05, 0) is 50.3 Å². The Bertz CT molecular complexity index is 880. The van der Waals surface area contributed by atoms with E-state index in [-0.39, 0.29) is 24.1 Å². The van der Waals surface area contributed by atoms with Gasteiger partial charge in [0.15, 0.2) is 0 Å². The van der Waals surface area contributed by atoms with E-state index in [1.165, 1.54) is 4.31 Å². The summed E-state index contributed by atoms with van der Waals surface area (Å²) < 4.78 is 27.0. The highest BCUT2D eigenvalue weighted by Crippen LogP contribution is 2.22. The summed E-state index contributed by atoms with van der Waals surface area (Å²) >= 11 is 0. The van der Waals surface area contributed by atoms with Gasteiger partial charge < -0.3 is 5.32 Å². The molecule has 6 heteroatoms. The van der Waals surface area contributed by atoms with E-state index >= 15 is 0 Å². The van der Waals surface area contributed by atoms with Crippen molar-refractivity contribution in [3.05, 3.63) is 65.7 Å². The number of carbonyl (C=O) groups is 1. The molecule has 1 unspecified atom stereocenters. The van der Waals surface area contributed by atoms with Crippen LogP contribution in [0.3, 0.4) is 0 Å². The van der Waals surface area contributed by atoms with Crippen LogP contribution in [0.1, 0.15) is 30.4 Å². The Balaban J connectivity index is 1.53. The molecule has 1 saturated heterocycles. The first kappa shape index (κ1) is 20.6. The Morgan fingerprint density at radius 3 is 2.54 bits per heavy atom. The molecule has 5 nitrogen and oxygen atoms in total. The fraction of sp³-hybridized carbons (Fsp3) is 0.409. The smallest absolute Gasteiger partial charge is 0.228 e. The van der Waals surface area contributed by atoms with E-state index in [9.17, 15) is 13.2 Å². The van der Waals surface area contributed by atoms with Crippen LogP contribution in [-0.2, 0) is 21.2 Å². The van der Waals surface area contributed by atoms with E-state index in [4.69, 9.17) is 0 Å². The van der Waals surface area contributed by atoms with Gasteiger partial charge in [0.05, 0.1) is 11.7 Å². The fourth-order valence-electron chi connectivity index (χ4n) is 3.52. The Morgan fingerprint density at radius 1 is 1.11 bits per heavy atom. The molecule has 3 rings (SSSR count). The van der Waals surface area contributed by atoms with Crippen LogP contribution in [0.4, 0.5) is 5.69 Å². The minimum absolute atomic E-state index is 0.104. The number of aryl methyl sites for hydroxylation is 2. The summed E-state index contributed by atoms with van der Waals surface area (Å²) in [7, 11) is -3.35. The van der Waals surface area contributed by atoms with Gasteiger partial charge in [-0.3, -0.25) is 4.79 Å². The Hall–Kier alpha value is -2.18. The summed E-state index contributed by atoms with van der Waals surface area (Å²) in [5, 5.41) is 2.92. The molecule has 2 aromatic carbocycles. The molecular weight excluding hydrogens is 372 g/mol. The average molecular weight is 401 g/mol. The van der Waals surface area contributed by atoms with E-state index in [0.29, 0.717) is 25.8 Å². The maximum Gasteiger partial charge on any atom is 0.228 e. The number of anilines is 1. The lowest BCUT2D eigenvalue weighted by Gasteiger charge is -2.31. The molecule has 1 aliphatic heterocycles. The van der Waals surface area contributed by atoms with Gasteiger partial charge in [-0.2, -0.15) is 0 Å². The second kappa shape index (κ2) is 9.34. The largest absolute Gasteiger partial charge is 0.326 e. The lowest BCUT2D eigenvalue weighted by atomic mass is 9.98. The molecule has 1 atom stereocenters. The number of piperidine rings is 1. The first-order valence-electron chi connectivity index (χ1n) is 9.83. The normalized spacial score (nSPS) is 18.0. The second-order valence-electron chi connectivity index (χ2n) is 7.46. The van der Waals surface area contributed by atoms with Crippen LogP contribution in [-0.4, -0.2) is 37.5 Å². The Kier molecular flexibility index (Phi) is 6.86. The lowest BCUT2D eigenvalue weighted by Crippen LogP contribution is -2.44. The molecule has 1 amide bonds. The third-order valence-electron chi connectivity index (χ3n) is 5.18. The molecule has 1 heterocycles. The van der Waals surface area contributed by atoms with Gasteiger partial charge in [0.25, 0.3) is 0 Å². The lowest BCUT2D eigenvalue weighted by molar-refractivity contribution is -0.120. The molecule has 1 fully saturated rings. The van der Waals surface area contributed by atoms with E-state index in [2.05, 4.69) is 5.32 Å². The first-order valence-corrected chi connectivity index (χ1v) is 11.4. The molecule has 150 valence electrons. The fourth-order valence-corrected chi connectivity index (χ4v) is 5.10. The van der Waals surface area contributed by atoms with Crippen molar-refractivity contribution in [2.24, 2.45) is 5.92 Å². The van der Waals surface area contributed by atoms with Gasteiger partial charge in [-0.25, -0.2) is 12.7 Å². The van der Waals surface area contributed by atoms with E-state index < -0.39 is 10.0 Å². The summed E-state index contributed by atoms with van der Waals surface area (Å²) in [6.45, 7) is 2.76. The maximum absolute atomic E-state index is 12.7. The van der Waals surface area contributed by atoms with Crippen molar-refractivity contribution < 1.29 is 13.2 Å². The van der Waals surface area contributed by atoms with Crippen LogP contribution in [0, 0.1) is 12.8 Å². The van der Waals surface area contributed by atoms with E-state index in [1.807, 2.05) is 61.5 Å². The number of sulfonamides is 1. The summed E-state index contributed by atoms with van der Waals surface area (Å²) in [6.07, 6.45) is 2.76. The number of benzene rings is 2. The second-order valence-corrected chi connectivity index (χ2v) is 9.55. The molecule has 0 saturated carbocycles. The SMILES string of the molecule is Cc1ccc(NC(=O)C2CCCN(S(=O)(=O)CCCc3ccccc3)C2)cc1. The van der Waals surface area contributed by atoms with Crippen molar-refractivity contribution in [3.8, 4) is 0 Å². The van der Waals surface area contributed by atoms with Gasteiger partial charge in [-0.1, -0.05) is 48.0 Å². The van der Waals surface area contributed by atoms with Crippen LogP contribution in [0.15, 0.2) is 54.6 Å². The predicted octanol–water partition coefficient (Wildman–Crippen LogP) is 3.61. The van der Waals surface area contributed by atoms with Crippen LogP contribution in [0.2, 0.25) is 0 Å². The quantitative estimate of drug-likeness (QED) is 0.772. The van der Waals surface area contributed by atoms with Gasteiger partial charge in [0.2, 0.25) is 15.9 Å². The summed E-state index contributed by atoms with van der Waals surface area (Å²) in [4.78, 5) is 12.6. The highest BCUT2D eigenvalue weighted by atomic mass is 32.2. The average Bonchev–Trinajstić information content (AvgIpc) is 2.70. The van der Waals surface area contributed by atoms with E-state index in [0.717, 1.165) is 23.2 Å². The zero-order valence-electron chi connectivity index (χ0n) is 16.3. The molecule has 0 aromatic heterocycles. The molecule has 2 aromatic rings. The highest BCUT2D eigenvalue weighted by Gasteiger charge is 2.32. The topological polar surface area (TPSA) is 66.5 Å². The van der Waals surface area contributed by atoms with Gasteiger partial charge in [0, 0.05) is 18.8 Å². The minimum atomic E-state index is -3.35. The zero-order valence-corrected chi connectivity index (χ0v) is 17.1. The molecular formula is C22H28N2O3S. The third kappa shape index (κ3) is 5.66. The van der Waals surface area contributed by atoms with Crippen molar-refractivity contribution >= 4 is 21.6 Å². The number of nitrogens with one attached hydrogen (secondary N) is 1. The molecule has 0 bridgehead atoms. The van der Waals surface area contributed by atoms with E-state index in [1.54, 1.807) is 0 Å². The molecule has 1 N–H and O–H groups in total. The highest BCUT2D eigenvalue weighted by molar-refractivity contribution is 7.89.